The largest absolute Gasteiger partial charge is 0.346 e. The van der Waals surface area contributed by atoms with Crippen molar-refractivity contribution in [1.29, 1.82) is 0 Å². The normalized spacial score (nSPS) is 17.8. The topological polar surface area (TPSA) is 75.4 Å². The number of fused-ring (bicyclic) bond motifs is 1. The average Bonchev–Trinajstić information content (AvgIpc) is 2.45. The molecule has 1 atom stereocenters. The van der Waals surface area contributed by atoms with Crippen LogP contribution < -0.4 is 16.0 Å². The summed E-state index contributed by atoms with van der Waals surface area (Å²) >= 11 is 0. The lowest BCUT2D eigenvalue weighted by molar-refractivity contribution is -0.124. The van der Waals surface area contributed by atoms with Crippen molar-refractivity contribution >= 4 is 17.5 Å². The van der Waals surface area contributed by atoms with Gasteiger partial charge < -0.3 is 16.0 Å². The molecule has 0 fully saturated rings. The fraction of sp³-hybridized carbons (Fsp3) is 0.429. The molecule has 5 heteroatoms. The number of carbonyl (C=O) groups excluding carboxylic acids is 2. The maximum absolute atomic E-state index is 12.2. The second kappa shape index (κ2) is 5.84. The summed E-state index contributed by atoms with van der Waals surface area (Å²) in [5.74, 6) is 0.0482. The molecule has 0 bridgehead atoms. The molecule has 102 valence electrons. The van der Waals surface area contributed by atoms with Crippen LogP contribution in [0.4, 0.5) is 5.69 Å². The summed E-state index contributed by atoms with van der Waals surface area (Å²) in [6, 6.07) is 7.92. The Kier molecular flexibility index (Phi) is 4.16. The van der Waals surface area contributed by atoms with Gasteiger partial charge in [-0.1, -0.05) is 25.1 Å². The van der Waals surface area contributed by atoms with E-state index in [0.29, 0.717) is 12.5 Å². The van der Waals surface area contributed by atoms with Crippen LogP contribution >= 0.6 is 0 Å². The van der Waals surface area contributed by atoms with Gasteiger partial charge in [0.25, 0.3) is 0 Å². The molecule has 5 nitrogen and oxygen atoms in total. The van der Waals surface area contributed by atoms with Gasteiger partial charge in [-0.25, -0.2) is 0 Å². The van der Waals surface area contributed by atoms with Gasteiger partial charge in [0.05, 0.1) is 13.1 Å². The summed E-state index contributed by atoms with van der Waals surface area (Å²) < 4.78 is 0. The van der Waals surface area contributed by atoms with E-state index in [1.165, 1.54) is 5.56 Å². The molecule has 0 radical (unpaired) electrons. The summed E-state index contributed by atoms with van der Waals surface area (Å²) in [5, 5.41) is 2.52. The van der Waals surface area contributed by atoms with Gasteiger partial charge >= 0.3 is 0 Å². The number of nitrogens with zero attached hydrogens (tertiary/aromatic N) is 1. The summed E-state index contributed by atoms with van der Waals surface area (Å²) in [4.78, 5) is 25.0. The molecule has 0 spiro atoms. The Morgan fingerprint density at radius 2 is 2.16 bits per heavy atom. The quantitative estimate of drug-likeness (QED) is 0.836. The Balaban J connectivity index is 2.11. The number of anilines is 1. The second-order valence-electron chi connectivity index (χ2n) is 4.77. The van der Waals surface area contributed by atoms with E-state index < -0.39 is 0 Å². The van der Waals surface area contributed by atoms with Gasteiger partial charge in [-0.3, -0.25) is 9.59 Å². The summed E-state index contributed by atoms with van der Waals surface area (Å²) in [7, 11) is 0. The number of carbonyl (C=O) groups is 2. The molecule has 1 aromatic rings. The number of para-hydroxylation sites is 1. The number of hydrogen-bond acceptors (Lipinski definition) is 3. The molecule has 3 N–H and O–H groups in total. The van der Waals surface area contributed by atoms with Crippen molar-refractivity contribution < 1.29 is 9.59 Å². The monoisotopic (exact) mass is 261 g/mol. The van der Waals surface area contributed by atoms with Crippen LogP contribution in [0.25, 0.3) is 0 Å². The molecular formula is C14H19N3O2. The molecule has 1 aliphatic heterocycles. The zero-order chi connectivity index (χ0) is 13.8. The third-order valence-electron chi connectivity index (χ3n) is 3.47. The van der Waals surface area contributed by atoms with Crippen molar-refractivity contribution in [2.75, 3.05) is 24.5 Å². The van der Waals surface area contributed by atoms with E-state index in [4.69, 9.17) is 5.73 Å². The van der Waals surface area contributed by atoms with E-state index in [1.54, 1.807) is 4.90 Å². The van der Waals surface area contributed by atoms with E-state index in [2.05, 4.69) is 18.3 Å². The highest BCUT2D eigenvalue weighted by Crippen LogP contribution is 2.34. The molecule has 0 aromatic heterocycles. The Hall–Kier alpha value is -1.88. The Morgan fingerprint density at radius 1 is 1.42 bits per heavy atom. The molecule has 0 saturated carbocycles. The van der Waals surface area contributed by atoms with E-state index in [-0.39, 0.29) is 24.9 Å². The lowest BCUT2D eigenvalue weighted by Crippen LogP contribution is -2.44. The standard InChI is InChI=1S/C14H19N3O2/c1-10-6-7-17(12-5-3-2-4-11(10)12)14(19)9-16-13(18)8-15/h2-5,10H,6-9,15H2,1H3,(H,16,18). The zero-order valence-corrected chi connectivity index (χ0v) is 11.1. The minimum absolute atomic E-state index is 0.00124. The highest BCUT2D eigenvalue weighted by molar-refractivity contribution is 5.97. The number of rotatable bonds is 3. The molecule has 0 saturated heterocycles. The van der Waals surface area contributed by atoms with Crippen LogP contribution in [-0.2, 0) is 9.59 Å². The smallest absolute Gasteiger partial charge is 0.246 e. The number of nitrogens with two attached hydrogens (primary N) is 1. The van der Waals surface area contributed by atoms with E-state index in [0.717, 1.165) is 12.1 Å². The van der Waals surface area contributed by atoms with Crippen molar-refractivity contribution in [3.8, 4) is 0 Å². The lowest BCUT2D eigenvalue weighted by atomic mass is 9.91. The number of nitrogens with one attached hydrogen (secondary N) is 1. The Morgan fingerprint density at radius 3 is 2.89 bits per heavy atom. The predicted molar refractivity (Wildman–Crippen MR) is 73.9 cm³/mol. The molecule has 2 rings (SSSR count). The fourth-order valence-corrected chi connectivity index (χ4v) is 2.35. The number of amides is 2. The van der Waals surface area contributed by atoms with Gasteiger partial charge in [0.2, 0.25) is 11.8 Å². The molecular weight excluding hydrogens is 242 g/mol. The van der Waals surface area contributed by atoms with E-state index in [1.807, 2.05) is 18.2 Å². The molecule has 2 amide bonds. The molecule has 1 aromatic carbocycles. The molecule has 19 heavy (non-hydrogen) atoms. The van der Waals surface area contributed by atoms with E-state index >= 15 is 0 Å². The zero-order valence-electron chi connectivity index (χ0n) is 11.1. The summed E-state index contributed by atoms with van der Waals surface area (Å²) in [6.45, 7) is 2.76. The van der Waals surface area contributed by atoms with Gasteiger partial charge in [-0.05, 0) is 24.0 Å². The van der Waals surface area contributed by atoms with E-state index in [9.17, 15) is 9.59 Å². The highest BCUT2D eigenvalue weighted by Gasteiger charge is 2.25. The number of benzene rings is 1. The van der Waals surface area contributed by atoms with Crippen molar-refractivity contribution in [3.05, 3.63) is 29.8 Å². The molecule has 0 aliphatic carbocycles. The van der Waals surface area contributed by atoms with Crippen LogP contribution in [0.5, 0.6) is 0 Å². The van der Waals surface area contributed by atoms with Crippen molar-refractivity contribution in [1.82, 2.24) is 5.32 Å². The molecule has 1 heterocycles. The van der Waals surface area contributed by atoms with Crippen LogP contribution in [0.1, 0.15) is 24.8 Å². The third kappa shape index (κ3) is 2.93. The second-order valence-corrected chi connectivity index (χ2v) is 4.77. The number of hydrogen-bond donors (Lipinski definition) is 2. The minimum atomic E-state index is -0.313. The van der Waals surface area contributed by atoms with Gasteiger partial charge in [0.15, 0.2) is 0 Å². The van der Waals surface area contributed by atoms with Crippen molar-refractivity contribution in [3.63, 3.8) is 0 Å². The first-order valence-corrected chi connectivity index (χ1v) is 6.49. The van der Waals surface area contributed by atoms with Gasteiger partial charge in [0, 0.05) is 12.2 Å². The van der Waals surface area contributed by atoms with Gasteiger partial charge in [-0.2, -0.15) is 0 Å². The van der Waals surface area contributed by atoms with Crippen LogP contribution in [0.15, 0.2) is 24.3 Å². The first kappa shape index (κ1) is 13.5. The maximum Gasteiger partial charge on any atom is 0.246 e. The fourth-order valence-electron chi connectivity index (χ4n) is 2.35. The van der Waals surface area contributed by atoms with Crippen LogP contribution in [0, 0.1) is 0 Å². The predicted octanol–water partition coefficient (Wildman–Crippen LogP) is 0.602. The lowest BCUT2D eigenvalue weighted by Gasteiger charge is -2.33. The first-order chi connectivity index (χ1) is 9.13. The average molecular weight is 261 g/mol. The molecule has 1 aliphatic rings. The Labute approximate surface area is 112 Å². The van der Waals surface area contributed by atoms with Crippen LogP contribution in [-0.4, -0.2) is 31.4 Å². The SMILES string of the molecule is CC1CCN(C(=O)CNC(=O)CN)c2ccccc21. The third-order valence-corrected chi connectivity index (χ3v) is 3.47. The molecule has 1 unspecified atom stereocenters. The van der Waals surface area contributed by atoms with Crippen LogP contribution in [0.3, 0.4) is 0 Å². The van der Waals surface area contributed by atoms with Crippen LogP contribution in [0.2, 0.25) is 0 Å². The van der Waals surface area contributed by atoms with Crippen molar-refractivity contribution in [2.45, 2.75) is 19.3 Å². The summed E-state index contributed by atoms with van der Waals surface area (Å²) in [6.07, 6.45) is 0.938. The first-order valence-electron chi connectivity index (χ1n) is 6.49. The summed E-state index contributed by atoms with van der Waals surface area (Å²) in [5.41, 5.74) is 7.33. The Bertz CT molecular complexity index is 487. The van der Waals surface area contributed by atoms with Gasteiger partial charge in [0.1, 0.15) is 0 Å². The van der Waals surface area contributed by atoms with Gasteiger partial charge in [-0.15, -0.1) is 0 Å². The van der Waals surface area contributed by atoms with Crippen molar-refractivity contribution in [2.24, 2.45) is 5.73 Å². The highest BCUT2D eigenvalue weighted by atomic mass is 16.2. The minimum Gasteiger partial charge on any atom is -0.346 e. The maximum atomic E-state index is 12.2.